The summed E-state index contributed by atoms with van der Waals surface area (Å²) in [5, 5.41) is 12.1. The van der Waals surface area contributed by atoms with E-state index >= 15 is 0 Å². The molecule has 0 heterocycles. The second kappa shape index (κ2) is 4.54. The van der Waals surface area contributed by atoms with Gasteiger partial charge in [-0.05, 0) is 18.2 Å². The third kappa shape index (κ3) is 2.41. The number of aromatic hydroxyl groups is 1. The lowest BCUT2D eigenvalue weighted by Crippen LogP contribution is -2.23. The molecule has 1 aromatic carbocycles. The summed E-state index contributed by atoms with van der Waals surface area (Å²) in [5.74, 6) is 1.69. The maximum Gasteiger partial charge on any atom is 0.255 e. The van der Waals surface area contributed by atoms with Gasteiger partial charge >= 0.3 is 0 Å². The predicted octanol–water partition coefficient (Wildman–Crippen LogP) is 1.41. The Hall–Kier alpha value is -1.66. The Morgan fingerprint density at radius 2 is 2.36 bits per heavy atom. The quantitative estimate of drug-likeness (QED) is 0.724. The number of rotatable bonds is 2. The fourth-order valence-corrected chi connectivity index (χ4v) is 1.09. The molecule has 1 aromatic rings. The molecule has 0 radical (unpaired) electrons. The SMILES string of the molecule is C#CCNC(=O)c1cc(Cl)ccc1O. The Morgan fingerprint density at radius 1 is 1.64 bits per heavy atom. The molecule has 3 nitrogen and oxygen atoms in total. The van der Waals surface area contributed by atoms with Gasteiger partial charge in [0.2, 0.25) is 0 Å². The Bertz CT molecular complexity index is 396. The number of carbonyl (C=O) groups excluding carboxylic acids is 1. The van der Waals surface area contributed by atoms with E-state index in [1.165, 1.54) is 18.2 Å². The number of terminal acetylenes is 1. The van der Waals surface area contributed by atoms with Crippen LogP contribution >= 0.6 is 11.6 Å². The van der Waals surface area contributed by atoms with Crippen LogP contribution in [0.4, 0.5) is 0 Å². The van der Waals surface area contributed by atoms with E-state index < -0.39 is 5.91 Å². The molecule has 14 heavy (non-hydrogen) atoms. The largest absolute Gasteiger partial charge is 0.507 e. The first kappa shape index (κ1) is 10.4. The van der Waals surface area contributed by atoms with Gasteiger partial charge in [-0.1, -0.05) is 17.5 Å². The Balaban J connectivity index is 2.90. The summed E-state index contributed by atoms with van der Waals surface area (Å²) in [7, 11) is 0. The van der Waals surface area contributed by atoms with Crippen molar-refractivity contribution in [1.82, 2.24) is 5.32 Å². The van der Waals surface area contributed by atoms with Gasteiger partial charge in [0.25, 0.3) is 5.91 Å². The van der Waals surface area contributed by atoms with E-state index in [9.17, 15) is 9.90 Å². The zero-order chi connectivity index (χ0) is 10.6. The first-order valence-corrected chi connectivity index (χ1v) is 4.23. The van der Waals surface area contributed by atoms with Gasteiger partial charge < -0.3 is 10.4 Å². The molecule has 0 atom stereocenters. The normalized spacial score (nSPS) is 9.14. The lowest BCUT2D eigenvalue weighted by molar-refractivity contribution is 0.0956. The number of phenols is 1. The predicted molar refractivity (Wildman–Crippen MR) is 54.3 cm³/mol. The molecule has 0 fully saturated rings. The van der Waals surface area contributed by atoms with Crippen LogP contribution in [0.1, 0.15) is 10.4 Å². The minimum Gasteiger partial charge on any atom is -0.507 e. The number of hydrogen-bond donors (Lipinski definition) is 2. The van der Waals surface area contributed by atoms with Crippen molar-refractivity contribution in [3.8, 4) is 18.1 Å². The van der Waals surface area contributed by atoms with E-state index in [0.717, 1.165) is 0 Å². The first-order valence-electron chi connectivity index (χ1n) is 3.85. The number of benzene rings is 1. The molecule has 0 saturated heterocycles. The molecular formula is C10H8ClNO2. The minimum absolute atomic E-state index is 0.116. The average molecular weight is 210 g/mol. The third-order valence-corrected chi connectivity index (χ3v) is 1.79. The molecule has 2 N–H and O–H groups in total. The van der Waals surface area contributed by atoms with Crippen LogP contribution in [0.3, 0.4) is 0 Å². The average Bonchev–Trinajstić information content (AvgIpc) is 2.18. The van der Waals surface area contributed by atoms with E-state index in [-0.39, 0.29) is 17.9 Å². The van der Waals surface area contributed by atoms with Crippen molar-refractivity contribution >= 4 is 17.5 Å². The smallest absolute Gasteiger partial charge is 0.255 e. The molecule has 0 spiro atoms. The molecule has 0 aromatic heterocycles. The van der Waals surface area contributed by atoms with Gasteiger partial charge in [-0.2, -0.15) is 0 Å². The first-order chi connectivity index (χ1) is 6.65. The highest BCUT2D eigenvalue weighted by Gasteiger charge is 2.10. The second-order valence-corrected chi connectivity index (χ2v) is 2.98. The lowest BCUT2D eigenvalue weighted by atomic mass is 10.2. The molecule has 4 heteroatoms. The molecule has 1 amide bonds. The summed E-state index contributed by atoms with van der Waals surface area (Å²) >= 11 is 5.66. The van der Waals surface area contributed by atoms with Crippen LogP contribution in [0.15, 0.2) is 18.2 Å². The standard InChI is InChI=1S/C10H8ClNO2/c1-2-5-12-10(14)8-6-7(11)3-4-9(8)13/h1,3-4,6,13H,5H2,(H,12,14). The third-order valence-electron chi connectivity index (χ3n) is 1.55. The molecule has 1 rings (SSSR count). The lowest BCUT2D eigenvalue weighted by Gasteiger charge is -2.04. The zero-order valence-electron chi connectivity index (χ0n) is 7.25. The molecule has 0 aliphatic heterocycles. The van der Waals surface area contributed by atoms with Crippen LogP contribution < -0.4 is 5.32 Å². The fraction of sp³-hybridized carbons (Fsp3) is 0.100. The van der Waals surface area contributed by atoms with Crippen molar-refractivity contribution in [2.75, 3.05) is 6.54 Å². The van der Waals surface area contributed by atoms with Gasteiger partial charge in [-0.25, -0.2) is 0 Å². The van der Waals surface area contributed by atoms with Gasteiger partial charge in [-0.3, -0.25) is 4.79 Å². The van der Waals surface area contributed by atoms with Gasteiger partial charge in [0, 0.05) is 5.02 Å². The number of phenolic OH excluding ortho intramolecular Hbond substituents is 1. The van der Waals surface area contributed by atoms with E-state index in [1.54, 1.807) is 0 Å². The van der Waals surface area contributed by atoms with Gasteiger partial charge in [0.05, 0.1) is 12.1 Å². The molecule has 0 bridgehead atoms. The monoisotopic (exact) mass is 209 g/mol. The second-order valence-electron chi connectivity index (χ2n) is 2.55. The minimum atomic E-state index is -0.442. The summed E-state index contributed by atoms with van der Waals surface area (Å²) in [6.45, 7) is 0.116. The van der Waals surface area contributed by atoms with Crippen LogP contribution in [0.5, 0.6) is 5.75 Å². The van der Waals surface area contributed by atoms with Crippen LogP contribution in [0, 0.1) is 12.3 Å². The van der Waals surface area contributed by atoms with Crippen molar-refractivity contribution in [2.45, 2.75) is 0 Å². The van der Waals surface area contributed by atoms with Crippen molar-refractivity contribution in [3.05, 3.63) is 28.8 Å². The van der Waals surface area contributed by atoms with Gasteiger partial charge in [0.1, 0.15) is 5.75 Å². The number of halogens is 1. The maximum atomic E-state index is 11.4. The highest BCUT2D eigenvalue weighted by Crippen LogP contribution is 2.20. The highest BCUT2D eigenvalue weighted by molar-refractivity contribution is 6.31. The van der Waals surface area contributed by atoms with Crippen molar-refractivity contribution in [3.63, 3.8) is 0 Å². The number of nitrogens with one attached hydrogen (secondary N) is 1. The summed E-state index contributed by atoms with van der Waals surface area (Å²) in [5.41, 5.74) is 0.118. The number of carbonyl (C=O) groups is 1. The van der Waals surface area contributed by atoms with Crippen LogP contribution in [0.25, 0.3) is 0 Å². The van der Waals surface area contributed by atoms with Crippen LogP contribution in [-0.2, 0) is 0 Å². The van der Waals surface area contributed by atoms with Crippen LogP contribution in [-0.4, -0.2) is 17.6 Å². The number of hydrogen-bond acceptors (Lipinski definition) is 2. The molecule has 0 unspecified atom stereocenters. The Morgan fingerprint density at radius 3 is 3.00 bits per heavy atom. The maximum absolute atomic E-state index is 11.4. The highest BCUT2D eigenvalue weighted by atomic mass is 35.5. The topological polar surface area (TPSA) is 49.3 Å². The van der Waals surface area contributed by atoms with E-state index in [1.807, 2.05) is 0 Å². The van der Waals surface area contributed by atoms with Crippen LogP contribution in [0.2, 0.25) is 5.02 Å². The molecule has 0 aliphatic rings. The molecule has 72 valence electrons. The van der Waals surface area contributed by atoms with Gasteiger partial charge in [0.15, 0.2) is 0 Å². The summed E-state index contributed by atoms with van der Waals surface area (Å²) in [6.07, 6.45) is 4.97. The molecular weight excluding hydrogens is 202 g/mol. The fourth-order valence-electron chi connectivity index (χ4n) is 0.917. The summed E-state index contributed by atoms with van der Waals surface area (Å²) in [4.78, 5) is 11.4. The van der Waals surface area contributed by atoms with E-state index in [0.29, 0.717) is 5.02 Å². The van der Waals surface area contributed by atoms with Crippen molar-refractivity contribution < 1.29 is 9.90 Å². The summed E-state index contributed by atoms with van der Waals surface area (Å²) < 4.78 is 0. The zero-order valence-corrected chi connectivity index (χ0v) is 8.01. The molecule has 0 saturated carbocycles. The Kier molecular flexibility index (Phi) is 3.38. The number of amides is 1. The molecule has 0 aliphatic carbocycles. The van der Waals surface area contributed by atoms with E-state index in [2.05, 4.69) is 11.2 Å². The van der Waals surface area contributed by atoms with Crippen molar-refractivity contribution in [2.24, 2.45) is 0 Å². The van der Waals surface area contributed by atoms with Crippen molar-refractivity contribution in [1.29, 1.82) is 0 Å². The Labute approximate surface area is 86.7 Å². The van der Waals surface area contributed by atoms with Gasteiger partial charge in [-0.15, -0.1) is 6.42 Å². The summed E-state index contributed by atoms with van der Waals surface area (Å²) in [6, 6.07) is 4.23. The van der Waals surface area contributed by atoms with E-state index in [4.69, 9.17) is 18.0 Å².